The third-order valence-corrected chi connectivity index (χ3v) is 4.44. The van der Waals surface area contributed by atoms with Crippen molar-refractivity contribution >= 4 is 16.8 Å². The molecule has 0 radical (unpaired) electrons. The lowest BCUT2D eigenvalue weighted by Crippen LogP contribution is -2.35. The van der Waals surface area contributed by atoms with Crippen molar-refractivity contribution < 1.29 is 13.9 Å². The first-order valence-electron chi connectivity index (χ1n) is 8.80. The molecule has 0 fully saturated rings. The van der Waals surface area contributed by atoms with Crippen molar-refractivity contribution in [2.24, 2.45) is 0 Å². The number of amides is 1. The molecule has 29 heavy (non-hydrogen) atoms. The third kappa shape index (κ3) is 3.45. The van der Waals surface area contributed by atoms with Crippen molar-refractivity contribution in [1.29, 1.82) is 0 Å². The van der Waals surface area contributed by atoms with Crippen LogP contribution in [-0.4, -0.2) is 22.7 Å². The molecule has 144 valence electrons. The zero-order valence-electron chi connectivity index (χ0n) is 15.4. The first-order valence-corrected chi connectivity index (χ1v) is 8.80. The molecule has 0 aliphatic carbocycles. The number of nitrogens with one attached hydrogen (secondary N) is 1. The Kier molecular flexibility index (Phi) is 4.78. The van der Waals surface area contributed by atoms with E-state index in [2.05, 4.69) is 10.4 Å². The molecule has 1 aromatic heterocycles. The second kappa shape index (κ2) is 7.55. The van der Waals surface area contributed by atoms with Crippen molar-refractivity contribution in [2.75, 3.05) is 12.5 Å². The highest BCUT2D eigenvalue weighted by molar-refractivity contribution is 6.00. The number of methoxy groups -OCH3 is 1. The number of hydrogen-bond acceptors (Lipinski definition) is 4. The predicted octanol–water partition coefficient (Wildman–Crippen LogP) is 3.60. The summed E-state index contributed by atoms with van der Waals surface area (Å²) in [7, 11) is 1.53. The molecular weight excluding hydrogens is 373 g/mol. The van der Waals surface area contributed by atoms with Crippen molar-refractivity contribution in [3.05, 3.63) is 94.5 Å². The summed E-state index contributed by atoms with van der Waals surface area (Å²) < 4.78 is 20.3. The summed E-state index contributed by atoms with van der Waals surface area (Å²) in [4.78, 5) is 30.3. The van der Waals surface area contributed by atoms with Crippen LogP contribution in [0.3, 0.4) is 0 Å². The van der Waals surface area contributed by atoms with Gasteiger partial charge < -0.3 is 4.74 Å². The van der Waals surface area contributed by atoms with E-state index in [1.54, 1.807) is 54.6 Å². The first-order chi connectivity index (χ1) is 14.1. The standard InChI is InChI=1S/C22H16FN3O3/c1-29-15-8-6-7-14(13-15)20-24-19-12-5-3-10-17(19)22(28)26(20)25-21(27)16-9-2-4-11-18(16)23/h2-13H,1H3,(H,25,27). The molecule has 4 aromatic rings. The van der Waals surface area contributed by atoms with E-state index >= 15 is 0 Å². The number of para-hydroxylation sites is 1. The second-order valence-electron chi connectivity index (χ2n) is 6.25. The van der Waals surface area contributed by atoms with Crippen LogP contribution in [0.5, 0.6) is 5.75 Å². The Labute approximate surface area is 165 Å². The molecule has 0 spiro atoms. The number of halogens is 1. The van der Waals surface area contributed by atoms with Crippen LogP contribution in [0.2, 0.25) is 0 Å². The average molecular weight is 389 g/mol. The molecule has 0 bridgehead atoms. The summed E-state index contributed by atoms with van der Waals surface area (Å²) in [6.45, 7) is 0. The molecule has 1 amide bonds. The first kappa shape index (κ1) is 18.4. The quantitative estimate of drug-likeness (QED) is 0.579. The summed E-state index contributed by atoms with van der Waals surface area (Å²) in [6, 6.07) is 19.3. The fraction of sp³-hybridized carbons (Fsp3) is 0.0455. The van der Waals surface area contributed by atoms with Crippen LogP contribution in [-0.2, 0) is 0 Å². The monoisotopic (exact) mass is 389 g/mol. The van der Waals surface area contributed by atoms with Crippen LogP contribution in [0, 0.1) is 5.82 Å². The maximum absolute atomic E-state index is 14.0. The number of rotatable bonds is 4. The maximum atomic E-state index is 14.0. The summed E-state index contributed by atoms with van der Waals surface area (Å²) in [5.41, 5.74) is 2.87. The SMILES string of the molecule is COc1cccc(-c2nc3ccccc3c(=O)n2NC(=O)c2ccccc2F)c1. The van der Waals surface area contributed by atoms with Crippen molar-refractivity contribution in [2.45, 2.75) is 0 Å². The van der Waals surface area contributed by atoms with E-state index in [0.29, 0.717) is 22.2 Å². The molecule has 6 nitrogen and oxygen atoms in total. The summed E-state index contributed by atoms with van der Waals surface area (Å²) in [6.07, 6.45) is 0. The minimum Gasteiger partial charge on any atom is -0.497 e. The summed E-state index contributed by atoms with van der Waals surface area (Å²) in [5, 5.41) is 0.327. The van der Waals surface area contributed by atoms with E-state index in [0.717, 1.165) is 4.68 Å². The number of fused-ring (bicyclic) bond motifs is 1. The van der Waals surface area contributed by atoms with Crippen molar-refractivity contribution in [1.82, 2.24) is 9.66 Å². The average Bonchev–Trinajstić information content (AvgIpc) is 2.76. The molecule has 0 atom stereocenters. The van der Waals surface area contributed by atoms with Crippen LogP contribution in [0.15, 0.2) is 77.6 Å². The Balaban J connectivity index is 1.91. The normalized spacial score (nSPS) is 10.7. The van der Waals surface area contributed by atoms with Gasteiger partial charge in [-0.2, -0.15) is 4.68 Å². The largest absolute Gasteiger partial charge is 0.497 e. The second-order valence-corrected chi connectivity index (χ2v) is 6.25. The van der Waals surface area contributed by atoms with E-state index < -0.39 is 17.3 Å². The molecule has 0 saturated heterocycles. The van der Waals surface area contributed by atoms with Crippen LogP contribution < -0.4 is 15.7 Å². The van der Waals surface area contributed by atoms with Crippen molar-refractivity contribution in [3.8, 4) is 17.1 Å². The Morgan fingerprint density at radius 3 is 2.59 bits per heavy atom. The smallest absolute Gasteiger partial charge is 0.280 e. The number of carbonyl (C=O) groups is 1. The van der Waals surface area contributed by atoms with Gasteiger partial charge in [-0.3, -0.25) is 15.0 Å². The van der Waals surface area contributed by atoms with Gasteiger partial charge in [-0.05, 0) is 36.4 Å². The molecule has 1 N–H and O–H groups in total. The van der Waals surface area contributed by atoms with Gasteiger partial charge in [0.1, 0.15) is 11.6 Å². The van der Waals surface area contributed by atoms with Gasteiger partial charge in [0, 0.05) is 5.56 Å². The number of aromatic nitrogens is 2. The van der Waals surface area contributed by atoms with Gasteiger partial charge in [0.15, 0.2) is 5.82 Å². The number of nitrogens with zero attached hydrogens (tertiary/aromatic N) is 2. The van der Waals surface area contributed by atoms with Gasteiger partial charge in [-0.25, -0.2) is 9.37 Å². The van der Waals surface area contributed by atoms with Crippen molar-refractivity contribution in [3.63, 3.8) is 0 Å². The van der Waals surface area contributed by atoms with Gasteiger partial charge in [0.25, 0.3) is 11.5 Å². The molecule has 0 aliphatic rings. The lowest BCUT2D eigenvalue weighted by atomic mass is 10.1. The highest BCUT2D eigenvalue weighted by atomic mass is 19.1. The zero-order chi connectivity index (χ0) is 20.4. The number of hydrogen-bond donors (Lipinski definition) is 1. The van der Waals surface area contributed by atoms with E-state index in [-0.39, 0.29) is 11.4 Å². The lowest BCUT2D eigenvalue weighted by molar-refractivity contribution is 0.100. The topological polar surface area (TPSA) is 73.2 Å². The van der Waals surface area contributed by atoms with Gasteiger partial charge in [-0.1, -0.05) is 36.4 Å². The molecule has 7 heteroatoms. The Morgan fingerprint density at radius 2 is 1.79 bits per heavy atom. The Morgan fingerprint density at radius 1 is 1.03 bits per heavy atom. The Bertz CT molecular complexity index is 1280. The van der Waals surface area contributed by atoms with E-state index in [1.165, 1.54) is 25.3 Å². The maximum Gasteiger partial charge on any atom is 0.280 e. The van der Waals surface area contributed by atoms with E-state index in [4.69, 9.17) is 4.74 Å². The number of carbonyl (C=O) groups excluding carboxylic acids is 1. The van der Waals surface area contributed by atoms with Gasteiger partial charge in [0.2, 0.25) is 0 Å². The highest BCUT2D eigenvalue weighted by Gasteiger charge is 2.18. The minimum absolute atomic E-state index is 0.177. The van der Waals surface area contributed by atoms with Gasteiger partial charge >= 0.3 is 0 Å². The summed E-state index contributed by atoms with van der Waals surface area (Å²) >= 11 is 0. The minimum atomic E-state index is -0.758. The molecule has 0 unspecified atom stereocenters. The van der Waals surface area contributed by atoms with E-state index in [9.17, 15) is 14.0 Å². The van der Waals surface area contributed by atoms with Gasteiger partial charge in [0.05, 0.1) is 23.6 Å². The summed E-state index contributed by atoms with van der Waals surface area (Å²) in [5.74, 6) is -0.671. The van der Waals surface area contributed by atoms with Gasteiger partial charge in [-0.15, -0.1) is 0 Å². The molecule has 0 saturated carbocycles. The molecular formula is C22H16FN3O3. The predicted molar refractivity (Wildman–Crippen MR) is 108 cm³/mol. The van der Waals surface area contributed by atoms with Crippen LogP contribution in [0.1, 0.15) is 10.4 Å². The van der Waals surface area contributed by atoms with Crippen LogP contribution in [0.4, 0.5) is 4.39 Å². The lowest BCUT2D eigenvalue weighted by Gasteiger charge is -2.15. The number of ether oxygens (including phenoxy) is 1. The highest BCUT2D eigenvalue weighted by Crippen LogP contribution is 2.23. The fourth-order valence-electron chi connectivity index (χ4n) is 3.00. The Hall–Kier alpha value is -4.00. The van der Waals surface area contributed by atoms with Crippen LogP contribution in [0.25, 0.3) is 22.3 Å². The van der Waals surface area contributed by atoms with E-state index in [1.807, 2.05) is 0 Å². The molecule has 3 aromatic carbocycles. The molecule has 1 heterocycles. The third-order valence-electron chi connectivity index (χ3n) is 4.44. The molecule has 4 rings (SSSR count). The molecule has 0 aliphatic heterocycles. The number of benzene rings is 3. The van der Waals surface area contributed by atoms with Crippen LogP contribution >= 0.6 is 0 Å². The fourth-order valence-corrected chi connectivity index (χ4v) is 3.00. The zero-order valence-corrected chi connectivity index (χ0v) is 15.4.